The van der Waals surface area contributed by atoms with Crippen molar-refractivity contribution in [3.05, 3.63) is 48.3 Å². The van der Waals surface area contributed by atoms with Gasteiger partial charge in [-0.3, -0.25) is 0 Å². The largest absolute Gasteiger partial charge is 0.487 e. The Labute approximate surface area is 190 Å². The average molecular weight is 465 g/mol. The molecule has 1 aliphatic heterocycles. The number of hydrogen-bond acceptors (Lipinski definition) is 5. The Morgan fingerprint density at radius 3 is 2.50 bits per heavy atom. The maximum Gasteiger partial charge on any atom is 0.247 e. The fourth-order valence-corrected chi connectivity index (χ4v) is 5.87. The van der Waals surface area contributed by atoms with Gasteiger partial charge in [-0.1, -0.05) is 32.0 Å². The number of fused-ring (bicyclic) bond motifs is 1. The molecule has 3 atom stereocenters. The van der Waals surface area contributed by atoms with E-state index in [0.29, 0.717) is 6.54 Å². The van der Waals surface area contributed by atoms with Gasteiger partial charge in [0.25, 0.3) is 0 Å². The standard InChI is InChI=1S/C24H33FN2O4S/c1-5-12-26(4)15-23-17(2)14-27(18(3)16-28)32(29,30)24-11-8-20(13-22(24)31-23)19-6-9-21(25)10-7-19/h6-11,13,17-18,23,28H,5,12,14-16H2,1-4H3/t17-,18+,23-/m0/s1. The zero-order valence-corrected chi connectivity index (χ0v) is 20.0. The number of aliphatic hydroxyl groups excluding tert-OH is 1. The molecule has 0 unspecified atom stereocenters. The Balaban J connectivity index is 2.10. The molecule has 176 valence electrons. The van der Waals surface area contributed by atoms with Gasteiger partial charge in [-0.25, -0.2) is 12.8 Å². The molecule has 2 aromatic carbocycles. The molecule has 1 aliphatic rings. The van der Waals surface area contributed by atoms with Crippen molar-refractivity contribution in [1.82, 2.24) is 9.21 Å². The third-order valence-electron chi connectivity index (χ3n) is 5.94. The van der Waals surface area contributed by atoms with Crippen LogP contribution in [-0.4, -0.2) is 68.2 Å². The van der Waals surface area contributed by atoms with Gasteiger partial charge in [-0.15, -0.1) is 0 Å². The van der Waals surface area contributed by atoms with Crippen molar-refractivity contribution in [2.75, 3.05) is 33.3 Å². The van der Waals surface area contributed by atoms with Crippen LogP contribution in [0, 0.1) is 11.7 Å². The lowest BCUT2D eigenvalue weighted by molar-refractivity contribution is 0.0753. The summed E-state index contributed by atoms with van der Waals surface area (Å²) < 4.78 is 48.2. The first kappa shape index (κ1) is 24.6. The van der Waals surface area contributed by atoms with Crippen molar-refractivity contribution >= 4 is 10.0 Å². The van der Waals surface area contributed by atoms with E-state index in [-0.39, 0.29) is 41.6 Å². The normalized spacial score (nSPS) is 22.0. The number of halogens is 1. The molecule has 8 heteroatoms. The monoisotopic (exact) mass is 464 g/mol. The zero-order chi connectivity index (χ0) is 23.5. The first-order chi connectivity index (χ1) is 15.2. The number of hydrogen-bond donors (Lipinski definition) is 1. The molecule has 0 saturated heterocycles. The number of ether oxygens (including phenoxy) is 1. The Bertz CT molecular complexity index is 1010. The summed E-state index contributed by atoms with van der Waals surface area (Å²) in [7, 11) is -1.85. The Morgan fingerprint density at radius 2 is 1.88 bits per heavy atom. The lowest BCUT2D eigenvalue weighted by Gasteiger charge is -2.37. The SMILES string of the molecule is CCCN(C)C[C@@H]1Oc2cc(-c3ccc(F)cc3)ccc2S(=O)(=O)N([C@H](C)CO)C[C@@H]1C. The molecule has 0 bridgehead atoms. The highest BCUT2D eigenvalue weighted by Crippen LogP contribution is 2.36. The van der Waals surface area contributed by atoms with Crippen LogP contribution in [0.15, 0.2) is 47.4 Å². The lowest BCUT2D eigenvalue weighted by Crippen LogP contribution is -2.49. The van der Waals surface area contributed by atoms with E-state index in [9.17, 15) is 17.9 Å². The minimum Gasteiger partial charge on any atom is -0.487 e. The van der Waals surface area contributed by atoms with Crippen LogP contribution < -0.4 is 4.74 Å². The number of rotatable bonds is 7. The molecule has 0 fully saturated rings. The molecule has 32 heavy (non-hydrogen) atoms. The van der Waals surface area contributed by atoms with Crippen LogP contribution in [0.4, 0.5) is 4.39 Å². The first-order valence-electron chi connectivity index (χ1n) is 11.0. The summed E-state index contributed by atoms with van der Waals surface area (Å²) in [6.45, 7) is 7.34. The van der Waals surface area contributed by atoms with Gasteiger partial charge >= 0.3 is 0 Å². The van der Waals surface area contributed by atoms with Gasteiger partial charge in [0.1, 0.15) is 22.6 Å². The molecule has 0 aliphatic carbocycles. The second-order valence-corrected chi connectivity index (χ2v) is 10.5. The molecule has 3 rings (SSSR count). The summed E-state index contributed by atoms with van der Waals surface area (Å²) in [6.07, 6.45) is 0.767. The predicted molar refractivity (Wildman–Crippen MR) is 124 cm³/mol. The lowest BCUT2D eigenvalue weighted by atomic mass is 10.0. The highest BCUT2D eigenvalue weighted by Gasteiger charge is 2.38. The van der Waals surface area contributed by atoms with Crippen LogP contribution in [0.1, 0.15) is 27.2 Å². The third kappa shape index (κ3) is 5.31. The minimum atomic E-state index is -3.88. The maximum absolute atomic E-state index is 13.5. The topological polar surface area (TPSA) is 70.1 Å². The number of likely N-dealkylation sites (N-methyl/N-ethyl adjacent to an activating group) is 1. The van der Waals surface area contributed by atoms with Gasteiger partial charge in [0.05, 0.1) is 6.61 Å². The van der Waals surface area contributed by atoms with Crippen molar-refractivity contribution in [2.24, 2.45) is 5.92 Å². The van der Waals surface area contributed by atoms with E-state index >= 15 is 0 Å². The highest BCUT2D eigenvalue weighted by atomic mass is 32.2. The van der Waals surface area contributed by atoms with Crippen LogP contribution in [0.2, 0.25) is 0 Å². The van der Waals surface area contributed by atoms with Gasteiger partial charge < -0.3 is 14.7 Å². The number of benzene rings is 2. The summed E-state index contributed by atoms with van der Waals surface area (Å²) in [5, 5.41) is 9.74. The van der Waals surface area contributed by atoms with Crippen molar-refractivity contribution in [2.45, 2.75) is 44.2 Å². The average Bonchev–Trinajstić information content (AvgIpc) is 2.76. The smallest absolute Gasteiger partial charge is 0.247 e. The fraction of sp³-hybridized carbons (Fsp3) is 0.500. The fourth-order valence-electron chi connectivity index (χ4n) is 4.05. The van der Waals surface area contributed by atoms with E-state index in [1.54, 1.807) is 37.3 Å². The van der Waals surface area contributed by atoms with Crippen LogP contribution in [-0.2, 0) is 10.0 Å². The number of nitrogens with zero attached hydrogens (tertiary/aromatic N) is 2. The Hall–Kier alpha value is -2.00. The molecule has 6 nitrogen and oxygen atoms in total. The second kappa shape index (κ2) is 10.3. The van der Waals surface area contributed by atoms with Gasteiger partial charge in [-0.05, 0) is 62.3 Å². The van der Waals surface area contributed by atoms with Crippen LogP contribution in [0.3, 0.4) is 0 Å². The van der Waals surface area contributed by atoms with Crippen LogP contribution in [0.5, 0.6) is 5.75 Å². The molecule has 2 aromatic rings. The van der Waals surface area contributed by atoms with Crippen molar-refractivity contribution in [1.29, 1.82) is 0 Å². The Morgan fingerprint density at radius 1 is 1.22 bits per heavy atom. The van der Waals surface area contributed by atoms with Gasteiger partial charge in [0.15, 0.2) is 0 Å². The van der Waals surface area contributed by atoms with Gasteiger partial charge in [0.2, 0.25) is 10.0 Å². The summed E-state index contributed by atoms with van der Waals surface area (Å²) in [6, 6.07) is 10.5. The summed E-state index contributed by atoms with van der Waals surface area (Å²) >= 11 is 0. The number of sulfonamides is 1. The minimum absolute atomic E-state index is 0.0821. The van der Waals surface area contributed by atoms with Crippen LogP contribution >= 0.6 is 0 Å². The molecule has 0 saturated carbocycles. The molecule has 0 spiro atoms. The molecule has 0 aromatic heterocycles. The summed E-state index contributed by atoms with van der Waals surface area (Å²) in [5.74, 6) is -0.149. The van der Waals surface area contributed by atoms with Crippen molar-refractivity contribution in [3.63, 3.8) is 0 Å². The summed E-state index contributed by atoms with van der Waals surface area (Å²) in [5.41, 5.74) is 1.51. The number of aliphatic hydroxyl groups is 1. The predicted octanol–water partition coefficient (Wildman–Crippen LogP) is 3.60. The van der Waals surface area contributed by atoms with E-state index < -0.39 is 16.1 Å². The Kier molecular flexibility index (Phi) is 7.92. The maximum atomic E-state index is 13.5. The first-order valence-corrected chi connectivity index (χ1v) is 12.5. The van der Waals surface area contributed by atoms with Gasteiger partial charge in [0, 0.05) is 25.0 Å². The highest BCUT2D eigenvalue weighted by molar-refractivity contribution is 7.89. The van der Waals surface area contributed by atoms with E-state index in [1.165, 1.54) is 16.4 Å². The molecule has 1 N–H and O–H groups in total. The van der Waals surface area contributed by atoms with E-state index in [0.717, 1.165) is 24.1 Å². The molecule has 0 amide bonds. The molecule has 1 heterocycles. The second-order valence-electron chi connectivity index (χ2n) is 8.67. The van der Waals surface area contributed by atoms with Crippen molar-refractivity contribution < 1.29 is 22.7 Å². The van der Waals surface area contributed by atoms with Gasteiger partial charge in [-0.2, -0.15) is 4.31 Å². The zero-order valence-electron chi connectivity index (χ0n) is 19.2. The summed E-state index contributed by atoms with van der Waals surface area (Å²) in [4.78, 5) is 2.26. The third-order valence-corrected chi connectivity index (χ3v) is 7.96. The molecule has 0 radical (unpaired) electrons. The van der Waals surface area contributed by atoms with E-state index in [1.807, 2.05) is 14.0 Å². The van der Waals surface area contributed by atoms with Crippen molar-refractivity contribution in [3.8, 4) is 16.9 Å². The molecular formula is C24H33FN2O4S. The van der Waals surface area contributed by atoms with E-state index in [4.69, 9.17) is 4.74 Å². The van der Waals surface area contributed by atoms with Crippen LogP contribution in [0.25, 0.3) is 11.1 Å². The quantitative estimate of drug-likeness (QED) is 0.678. The van der Waals surface area contributed by atoms with E-state index in [2.05, 4.69) is 11.8 Å². The molecular weight excluding hydrogens is 431 g/mol.